The SMILES string of the molecule is CC(NCCn1c(=O)oc2ccccc21)c1ccccc1Cl. The molecule has 1 N–H and O–H groups in total. The largest absolute Gasteiger partial charge is 0.419 e. The van der Waals surface area contributed by atoms with Gasteiger partial charge >= 0.3 is 5.76 Å². The summed E-state index contributed by atoms with van der Waals surface area (Å²) in [6.45, 7) is 3.25. The van der Waals surface area contributed by atoms with E-state index in [1.807, 2.05) is 42.5 Å². The van der Waals surface area contributed by atoms with Crippen LogP contribution in [0.2, 0.25) is 5.02 Å². The fraction of sp³-hybridized carbons (Fsp3) is 0.235. The fourth-order valence-corrected chi connectivity index (χ4v) is 2.85. The van der Waals surface area contributed by atoms with Gasteiger partial charge in [-0.15, -0.1) is 0 Å². The van der Waals surface area contributed by atoms with Gasteiger partial charge in [0, 0.05) is 24.2 Å². The summed E-state index contributed by atoms with van der Waals surface area (Å²) < 4.78 is 6.86. The molecule has 0 amide bonds. The Balaban J connectivity index is 1.69. The van der Waals surface area contributed by atoms with Crippen LogP contribution in [0.25, 0.3) is 11.1 Å². The number of nitrogens with one attached hydrogen (secondary N) is 1. The van der Waals surface area contributed by atoms with Gasteiger partial charge in [-0.05, 0) is 30.7 Å². The Labute approximate surface area is 133 Å². The molecule has 0 radical (unpaired) electrons. The molecule has 5 heteroatoms. The summed E-state index contributed by atoms with van der Waals surface area (Å²) in [5.74, 6) is -0.326. The monoisotopic (exact) mass is 316 g/mol. The number of para-hydroxylation sites is 2. The quantitative estimate of drug-likeness (QED) is 0.782. The number of halogens is 1. The molecule has 0 saturated heterocycles. The average Bonchev–Trinajstić information content (AvgIpc) is 2.83. The van der Waals surface area contributed by atoms with E-state index < -0.39 is 0 Å². The number of hydrogen-bond acceptors (Lipinski definition) is 3. The van der Waals surface area contributed by atoms with Gasteiger partial charge in [-0.25, -0.2) is 4.79 Å². The van der Waals surface area contributed by atoms with E-state index in [1.54, 1.807) is 10.6 Å². The lowest BCUT2D eigenvalue weighted by atomic mass is 10.1. The Bertz CT molecular complexity index is 838. The van der Waals surface area contributed by atoms with Gasteiger partial charge in [-0.1, -0.05) is 41.9 Å². The molecule has 4 nitrogen and oxygen atoms in total. The Morgan fingerprint density at radius 1 is 1.18 bits per heavy atom. The summed E-state index contributed by atoms with van der Waals surface area (Å²) in [5.41, 5.74) is 2.49. The van der Waals surface area contributed by atoms with Gasteiger partial charge in [0.1, 0.15) is 0 Å². The second kappa shape index (κ2) is 6.38. The van der Waals surface area contributed by atoms with Crippen LogP contribution in [0, 0.1) is 0 Å². The maximum Gasteiger partial charge on any atom is 0.419 e. The average molecular weight is 317 g/mol. The first-order valence-corrected chi connectivity index (χ1v) is 7.61. The zero-order valence-electron chi connectivity index (χ0n) is 12.3. The first kappa shape index (κ1) is 14.9. The Kier molecular flexibility index (Phi) is 4.32. The lowest BCUT2D eigenvalue weighted by molar-refractivity contribution is 0.479. The number of rotatable bonds is 5. The third-order valence-corrected chi connectivity index (χ3v) is 4.08. The van der Waals surface area contributed by atoms with Gasteiger partial charge < -0.3 is 9.73 Å². The van der Waals surface area contributed by atoms with Crippen molar-refractivity contribution in [3.05, 3.63) is 69.7 Å². The van der Waals surface area contributed by atoms with E-state index in [1.165, 1.54) is 0 Å². The lowest BCUT2D eigenvalue weighted by Gasteiger charge is -2.15. The van der Waals surface area contributed by atoms with Crippen molar-refractivity contribution >= 4 is 22.7 Å². The minimum Gasteiger partial charge on any atom is -0.408 e. The van der Waals surface area contributed by atoms with Crippen LogP contribution in [0.3, 0.4) is 0 Å². The third kappa shape index (κ3) is 2.93. The molecule has 2 aromatic carbocycles. The summed E-state index contributed by atoms with van der Waals surface area (Å²) in [7, 11) is 0. The molecule has 114 valence electrons. The number of nitrogens with zero attached hydrogens (tertiary/aromatic N) is 1. The third-order valence-electron chi connectivity index (χ3n) is 3.73. The van der Waals surface area contributed by atoms with E-state index in [0.29, 0.717) is 18.7 Å². The number of hydrogen-bond donors (Lipinski definition) is 1. The molecule has 0 aliphatic heterocycles. The van der Waals surface area contributed by atoms with Crippen LogP contribution in [-0.2, 0) is 6.54 Å². The van der Waals surface area contributed by atoms with Crippen molar-refractivity contribution in [1.29, 1.82) is 0 Å². The smallest absolute Gasteiger partial charge is 0.408 e. The first-order valence-electron chi connectivity index (χ1n) is 7.23. The highest BCUT2D eigenvalue weighted by atomic mass is 35.5. The second-order valence-corrected chi connectivity index (χ2v) is 5.59. The topological polar surface area (TPSA) is 47.2 Å². The molecule has 0 aliphatic rings. The predicted molar refractivity (Wildman–Crippen MR) is 88.3 cm³/mol. The molecule has 3 rings (SSSR count). The molecule has 0 saturated carbocycles. The van der Waals surface area contributed by atoms with Crippen LogP contribution in [-0.4, -0.2) is 11.1 Å². The molecule has 0 spiro atoms. The zero-order valence-corrected chi connectivity index (χ0v) is 13.0. The standard InChI is InChI=1S/C17H17ClN2O2/c1-12(13-6-2-3-7-14(13)18)19-10-11-20-15-8-4-5-9-16(15)22-17(20)21/h2-9,12,19H,10-11H2,1H3. The number of aromatic nitrogens is 1. The van der Waals surface area contributed by atoms with Gasteiger partial charge in [0.05, 0.1) is 5.52 Å². The first-order chi connectivity index (χ1) is 10.7. The molecule has 0 fully saturated rings. The van der Waals surface area contributed by atoms with Gasteiger partial charge in [0.25, 0.3) is 0 Å². The van der Waals surface area contributed by atoms with E-state index in [9.17, 15) is 4.79 Å². The maximum atomic E-state index is 11.9. The second-order valence-electron chi connectivity index (χ2n) is 5.18. The normalized spacial score (nSPS) is 12.6. The van der Waals surface area contributed by atoms with Gasteiger partial charge in [0.15, 0.2) is 5.58 Å². The van der Waals surface area contributed by atoms with E-state index in [4.69, 9.17) is 16.0 Å². The number of benzene rings is 2. The molecule has 1 unspecified atom stereocenters. The highest BCUT2D eigenvalue weighted by molar-refractivity contribution is 6.31. The molecule has 1 heterocycles. The molecular formula is C17H17ClN2O2. The van der Waals surface area contributed by atoms with Crippen molar-refractivity contribution in [1.82, 2.24) is 9.88 Å². The van der Waals surface area contributed by atoms with Crippen molar-refractivity contribution in [2.75, 3.05) is 6.54 Å². The summed E-state index contributed by atoms with van der Waals surface area (Å²) in [5, 5.41) is 4.13. The molecular weight excluding hydrogens is 300 g/mol. The Hall–Kier alpha value is -2.04. The van der Waals surface area contributed by atoms with Crippen LogP contribution in [0.15, 0.2) is 57.7 Å². The molecule has 0 bridgehead atoms. The summed E-state index contributed by atoms with van der Waals surface area (Å²) in [6.07, 6.45) is 0. The molecule has 22 heavy (non-hydrogen) atoms. The van der Waals surface area contributed by atoms with Crippen LogP contribution in [0.5, 0.6) is 0 Å². The van der Waals surface area contributed by atoms with Gasteiger partial charge in [-0.2, -0.15) is 0 Å². The van der Waals surface area contributed by atoms with Crippen molar-refractivity contribution in [2.24, 2.45) is 0 Å². The number of fused-ring (bicyclic) bond motifs is 1. The van der Waals surface area contributed by atoms with E-state index in [2.05, 4.69) is 12.2 Å². The Morgan fingerprint density at radius 2 is 1.91 bits per heavy atom. The minimum atomic E-state index is -0.326. The van der Waals surface area contributed by atoms with Crippen molar-refractivity contribution in [2.45, 2.75) is 19.5 Å². The van der Waals surface area contributed by atoms with E-state index >= 15 is 0 Å². The molecule has 1 aromatic heterocycles. The lowest BCUT2D eigenvalue weighted by Crippen LogP contribution is -2.26. The van der Waals surface area contributed by atoms with Gasteiger partial charge in [0.2, 0.25) is 0 Å². The summed E-state index contributed by atoms with van der Waals surface area (Å²) >= 11 is 6.19. The van der Waals surface area contributed by atoms with Crippen molar-refractivity contribution in [3.63, 3.8) is 0 Å². The van der Waals surface area contributed by atoms with Crippen LogP contribution in [0.4, 0.5) is 0 Å². The fourth-order valence-electron chi connectivity index (χ4n) is 2.55. The Morgan fingerprint density at radius 3 is 2.73 bits per heavy atom. The van der Waals surface area contributed by atoms with Gasteiger partial charge in [-0.3, -0.25) is 4.57 Å². The van der Waals surface area contributed by atoms with Crippen LogP contribution < -0.4 is 11.1 Å². The molecule has 0 aliphatic carbocycles. The summed E-state index contributed by atoms with van der Waals surface area (Å²) in [4.78, 5) is 11.9. The highest BCUT2D eigenvalue weighted by Gasteiger charge is 2.10. The summed E-state index contributed by atoms with van der Waals surface area (Å²) in [6, 6.07) is 15.3. The van der Waals surface area contributed by atoms with Crippen LogP contribution in [0.1, 0.15) is 18.5 Å². The highest BCUT2D eigenvalue weighted by Crippen LogP contribution is 2.21. The molecule has 1 atom stereocenters. The van der Waals surface area contributed by atoms with E-state index in [0.717, 1.165) is 16.1 Å². The number of oxazole rings is 1. The van der Waals surface area contributed by atoms with E-state index in [-0.39, 0.29) is 11.8 Å². The minimum absolute atomic E-state index is 0.113. The van der Waals surface area contributed by atoms with Crippen LogP contribution >= 0.6 is 11.6 Å². The zero-order chi connectivity index (χ0) is 15.5. The van der Waals surface area contributed by atoms with Crippen molar-refractivity contribution < 1.29 is 4.42 Å². The maximum absolute atomic E-state index is 11.9. The molecule has 3 aromatic rings. The predicted octanol–water partition coefficient (Wildman–Crippen LogP) is 3.60. The van der Waals surface area contributed by atoms with Crippen molar-refractivity contribution in [3.8, 4) is 0 Å².